The van der Waals surface area contributed by atoms with Crippen molar-refractivity contribution < 1.29 is 18.7 Å². The van der Waals surface area contributed by atoms with Crippen molar-refractivity contribution in [3.05, 3.63) is 17.7 Å². The zero-order valence-corrected chi connectivity index (χ0v) is 17.1. The first-order chi connectivity index (χ1) is 14.2. The Hall–Kier alpha value is -2.23. The van der Waals surface area contributed by atoms with Crippen LogP contribution in [0.2, 0.25) is 0 Å². The van der Waals surface area contributed by atoms with Crippen molar-refractivity contribution in [1.29, 1.82) is 0 Å². The Morgan fingerprint density at radius 1 is 1.14 bits per heavy atom. The third-order valence-electron chi connectivity index (χ3n) is 5.59. The molecule has 2 fully saturated rings. The number of nitrogens with one attached hydrogen (secondary N) is 1. The number of ether oxygens (including phenoxy) is 2. The van der Waals surface area contributed by atoms with Gasteiger partial charge in [-0.1, -0.05) is 6.92 Å². The van der Waals surface area contributed by atoms with Gasteiger partial charge in [-0.2, -0.15) is 0 Å². The van der Waals surface area contributed by atoms with Crippen LogP contribution in [0.3, 0.4) is 0 Å². The van der Waals surface area contributed by atoms with Crippen LogP contribution in [0.1, 0.15) is 29.5 Å². The Morgan fingerprint density at radius 3 is 2.52 bits per heavy atom. The lowest BCUT2D eigenvalue weighted by atomic mass is 10.1. The molecule has 0 saturated carbocycles. The van der Waals surface area contributed by atoms with E-state index >= 15 is 0 Å². The number of hydrogen-bond donors (Lipinski definition) is 1. The number of anilines is 1. The van der Waals surface area contributed by atoms with Gasteiger partial charge in [0.2, 0.25) is 5.71 Å². The Bertz CT molecular complexity index is 843. The minimum atomic E-state index is -0.134. The van der Waals surface area contributed by atoms with Crippen molar-refractivity contribution in [1.82, 2.24) is 20.2 Å². The first kappa shape index (κ1) is 20.1. The van der Waals surface area contributed by atoms with Crippen LogP contribution in [-0.4, -0.2) is 86.0 Å². The fourth-order valence-electron chi connectivity index (χ4n) is 3.95. The van der Waals surface area contributed by atoms with Crippen LogP contribution in [-0.2, 0) is 9.47 Å². The second kappa shape index (κ2) is 9.06. The molecule has 2 aliphatic rings. The zero-order chi connectivity index (χ0) is 20.2. The zero-order valence-electron chi connectivity index (χ0n) is 17.1. The van der Waals surface area contributed by atoms with E-state index in [1.807, 2.05) is 6.92 Å². The molecule has 4 rings (SSSR count). The highest BCUT2D eigenvalue weighted by atomic mass is 16.5. The molecule has 2 aliphatic heterocycles. The maximum Gasteiger partial charge on any atom is 0.255 e. The Kier molecular flexibility index (Phi) is 6.27. The molecule has 2 aromatic rings. The number of carbonyl (C=O) groups is 1. The fraction of sp³-hybridized carbons (Fsp3) is 0.650. The van der Waals surface area contributed by atoms with Crippen LogP contribution in [0.15, 0.2) is 10.7 Å². The van der Waals surface area contributed by atoms with E-state index in [1.165, 1.54) is 6.33 Å². The topological polar surface area (TPSA) is 93.0 Å². The van der Waals surface area contributed by atoms with E-state index in [-0.39, 0.29) is 11.9 Å². The first-order valence-corrected chi connectivity index (χ1v) is 10.3. The van der Waals surface area contributed by atoms with E-state index in [0.29, 0.717) is 35.6 Å². The van der Waals surface area contributed by atoms with Crippen LogP contribution in [0.5, 0.6) is 0 Å². The van der Waals surface area contributed by atoms with Crippen molar-refractivity contribution in [2.24, 2.45) is 0 Å². The molecule has 0 aromatic carbocycles. The van der Waals surface area contributed by atoms with Crippen LogP contribution >= 0.6 is 0 Å². The molecule has 0 radical (unpaired) electrons. The first-order valence-electron chi connectivity index (χ1n) is 10.3. The lowest BCUT2D eigenvalue weighted by Crippen LogP contribution is -2.47. The summed E-state index contributed by atoms with van der Waals surface area (Å²) in [5.41, 5.74) is 0.980. The number of fused-ring (bicyclic) bond motifs is 1. The van der Waals surface area contributed by atoms with Gasteiger partial charge in [-0.25, -0.2) is 9.97 Å². The van der Waals surface area contributed by atoms with Gasteiger partial charge in [-0.3, -0.25) is 9.69 Å². The molecule has 9 nitrogen and oxygen atoms in total. The van der Waals surface area contributed by atoms with Crippen LogP contribution < -0.4 is 10.2 Å². The molecule has 2 aromatic heterocycles. The van der Waals surface area contributed by atoms with E-state index in [9.17, 15) is 4.79 Å². The van der Waals surface area contributed by atoms with Gasteiger partial charge in [-0.05, 0) is 13.3 Å². The maximum atomic E-state index is 13.3. The molecule has 9 heteroatoms. The normalized spacial score (nSPS) is 19.4. The quantitative estimate of drug-likeness (QED) is 0.769. The number of rotatable bonds is 6. The number of aromatic nitrogens is 2. The van der Waals surface area contributed by atoms with E-state index in [1.54, 1.807) is 0 Å². The van der Waals surface area contributed by atoms with Crippen molar-refractivity contribution in [3.63, 3.8) is 0 Å². The fourth-order valence-corrected chi connectivity index (χ4v) is 3.95. The van der Waals surface area contributed by atoms with Gasteiger partial charge in [0.05, 0.1) is 37.4 Å². The summed E-state index contributed by atoms with van der Waals surface area (Å²) >= 11 is 0. The summed E-state index contributed by atoms with van der Waals surface area (Å²) < 4.78 is 16.7. The average Bonchev–Trinajstić information content (AvgIpc) is 3.10. The van der Waals surface area contributed by atoms with Crippen molar-refractivity contribution >= 4 is 22.8 Å². The summed E-state index contributed by atoms with van der Waals surface area (Å²) in [5, 5.41) is 3.89. The minimum absolute atomic E-state index is 0.0569. The van der Waals surface area contributed by atoms with Gasteiger partial charge in [0.1, 0.15) is 17.9 Å². The lowest BCUT2D eigenvalue weighted by Gasteiger charge is -2.30. The summed E-state index contributed by atoms with van der Waals surface area (Å²) in [6.07, 6.45) is 2.34. The monoisotopic (exact) mass is 403 g/mol. The highest BCUT2D eigenvalue weighted by molar-refractivity contribution is 6.10. The second-order valence-electron chi connectivity index (χ2n) is 7.50. The summed E-state index contributed by atoms with van der Waals surface area (Å²) in [4.78, 5) is 26.5. The average molecular weight is 403 g/mol. The number of nitrogens with zero attached hydrogens (tertiary/aromatic N) is 4. The van der Waals surface area contributed by atoms with Crippen LogP contribution in [0.4, 0.5) is 5.82 Å². The highest BCUT2D eigenvalue weighted by Gasteiger charge is 2.27. The number of aryl methyl sites for hydroxylation is 1. The van der Waals surface area contributed by atoms with Gasteiger partial charge >= 0.3 is 0 Å². The molecule has 1 unspecified atom stereocenters. The molecule has 29 heavy (non-hydrogen) atoms. The van der Waals surface area contributed by atoms with E-state index in [4.69, 9.17) is 13.9 Å². The number of hydrogen-bond acceptors (Lipinski definition) is 8. The van der Waals surface area contributed by atoms with Gasteiger partial charge < -0.3 is 24.1 Å². The van der Waals surface area contributed by atoms with Crippen LogP contribution in [0.25, 0.3) is 11.1 Å². The molecule has 0 spiro atoms. The summed E-state index contributed by atoms with van der Waals surface area (Å²) in [6.45, 7) is 10.7. The standard InChI is InChI=1S/C20H29N5O4/c1-3-15(12-24-4-8-27-9-5-24)23-19(26)16-14(2)29-20-17(16)18(21-13-22-20)25-6-10-28-11-7-25/h13,15H,3-12H2,1-2H3,(H,23,26). The molecular weight excluding hydrogens is 374 g/mol. The summed E-state index contributed by atoms with van der Waals surface area (Å²) in [6, 6.07) is 0.0569. The third-order valence-corrected chi connectivity index (χ3v) is 5.59. The van der Waals surface area contributed by atoms with E-state index < -0.39 is 0 Å². The van der Waals surface area contributed by atoms with Gasteiger partial charge in [0, 0.05) is 38.8 Å². The third kappa shape index (κ3) is 4.36. The molecule has 4 heterocycles. The number of furan rings is 1. The molecule has 158 valence electrons. The number of amides is 1. The molecule has 1 atom stereocenters. The summed E-state index contributed by atoms with van der Waals surface area (Å²) in [7, 11) is 0. The molecule has 1 N–H and O–H groups in total. The highest BCUT2D eigenvalue weighted by Crippen LogP contribution is 2.31. The van der Waals surface area contributed by atoms with E-state index in [2.05, 4.69) is 32.0 Å². The molecule has 1 amide bonds. The number of carbonyl (C=O) groups excluding carboxylic acids is 1. The van der Waals surface area contributed by atoms with Gasteiger partial charge in [-0.15, -0.1) is 0 Å². The molecule has 2 saturated heterocycles. The van der Waals surface area contributed by atoms with Crippen molar-refractivity contribution in [3.8, 4) is 0 Å². The Morgan fingerprint density at radius 2 is 1.83 bits per heavy atom. The predicted octanol–water partition coefficient (Wildman–Crippen LogP) is 1.21. The van der Waals surface area contributed by atoms with Crippen LogP contribution in [0, 0.1) is 6.92 Å². The SMILES string of the molecule is CCC(CN1CCOCC1)NC(=O)c1c(C)oc2ncnc(N3CCOCC3)c12. The van der Waals surface area contributed by atoms with E-state index in [0.717, 1.165) is 58.2 Å². The number of morpholine rings is 2. The Balaban J connectivity index is 1.58. The molecule has 0 aliphatic carbocycles. The maximum absolute atomic E-state index is 13.3. The van der Waals surface area contributed by atoms with Crippen molar-refractivity contribution in [2.75, 3.05) is 64.1 Å². The second-order valence-corrected chi connectivity index (χ2v) is 7.50. The van der Waals surface area contributed by atoms with Crippen molar-refractivity contribution in [2.45, 2.75) is 26.3 Å². The molecular formula is C20H29N5O4. The van der Waals surface area contributed by atoms with Gasteiger partial charge in [0.15, 0.2) is 0 Å². The van der Waals surface area contributed by atoms with Gasteiger partial charge in [0.25, 0.3) is 5.91 Å². The summed E-state index contributed by atoms with van der Waals surface area (Å²) in [5.74, 6) is 1.17. The predicted molar refractivity (Wildman–Crippen MR) is 108 cm³/mol. The smallest absolute Gasteiger partial charge is 0.255 e. The molecule has 0 bridgehead atoms. The minimum Gasteiger partial charge on any atom is -0.442 e. The Labute approximate surface area is 170 Å². The lowest BCUT2D eigenvalue weighted by molar-refractivity contribution is 0.0331. The largest absolute Gasteiger partial charge is 0.442 e.